The van der Waals surface area contributed by atoms with Crippen LogP contribution in [0.3, 0.4) is 0 Å². The zero-order valence-electron chi connectivity index (χ0n) is 12.0. The Hall–Kier alpha value is -1.02. The number of nitrogens with one attached hydrogen (secondary N) is 1. The van der Waals surface area contributed by atoms with Crippen LogP contribution in [-0.2, 0) is 9.59 Å². The van der Waals surface area contributed by atoms with Gasteiger partial charge in [0.05, 0.1) is 18.6 Å². The first-order valence-electron chi connectivity index (χ1n) is 6.81. The molecule has 0 fully saturated rings. The highest BCUT2D eigenvalue weighted by Crippen LogP contribution is 2.16. The van der Waals surface area contributed by atoms with Gasteiger partial charge in [0.2, 0.25) is 0 Å². The van der Waals surface area contributed by atoms with E-state index in [0.29, 0.717) is 25.7 Å². The SMILES string of the molecule is CC(C(N)C=O)C(C)C(O)NCCCC(O)CC(=O)O. The van der Waals surface area contributed by atoms with Crippen molar-refractivity contribution in [1.29, 1.82) is 0 Å². The molecule has 5 atom stereocenters. The Morgan fingerprint density at radius 1 is 1.30 bits per heavy atom. The average Bonchev–Trinajstić information content (AvgIpc) is 2.39. The fourth-order valence-electron chi connectivity index (χ4n) is 1.84. The van der Waals surface area contributed by atoms with Gasteiger partial charge in [-0.15, -0.1) is 0 Å². The summed E-state index contributed by atoms with van der Waals surface area (Å²) >= 11 is 0. The Morgan fingerprint density at radius 2 is 1.90 bits per heavy atom. The molecule has 0 aliphatic carbocycles. The van der Waals surface area contributed by atoms with E-state index in [1.165, 1.54) is 0 Å². The van der Waals surface area contributed by atoms with Crippen molar-refractivity contribution in [1.82, 2.24) is 5.32 Å². The zero-order valence-corrected chi connectivity index (χ0v) is 12.0. The van der Waals surface area contributed by atoms with Crippen molar-refractivity contribution in [2.24, 2.45) is 17.6 Å². The number of aliphatic hydroxyl groups excluding tert-OH is 2. The van der Waals surface area contributed by atoms with Crippen LogP contribution in [0.25, 0.3) is 0 Å². The largest absolute Gasteiger partial charge is 0.481 e. The van der Waals surface area contributed by atoms with E-state index in [-0.39, 0.29) is 18.3 Å². The number of carboxylic acid groups (broad SMARTS) is 1. The van der Waals surface area contributed by atoms with Gasteiger partial charge < -0.3 is 25.8 Å². The highest BCUT2D eigenvalue weighted by molar-refractivity contribution is 5.67. The van der Waals surface area contributed by atoms with Gasteiger partial charge in [0, 0.05) is 0 Å². The van der Waals surface area contributed by atoms with E-state index in [4.69, 9.17) is 10.8 Å². The van der Waals surface area contributed by atoms with Gasteiger partial charge in [-0.2, -0.15) is 0 Å². The smallest absolute Gasteiger partial charge is 0.305 e. The first-order chi connectivity index (χ1) is 9.29. The summed E-state index contributed by atoms with van der Waals surface area (Å²) in [6.45, 7) is 4.04. The second-order valence-electron chi connectivity index (χ2n) is 5.22. The van der Waals surface area contributed by atoms with Gasteiger partial charge in [0.25, 0.3) is 0 Å². The molecule has 0 amide bonds. The van der Waals surface area contributed by atoms with Crippen LogP contribution >= 0.6 is 0 Å². The van der Waals surface area contributed by atoms with E-state index in [1.54, 1.807) is 13.8 Å². The Labute approximate surface area is 119 Å². The number of aliphatic carboxylic acids is 1. The summed E-state index contributed by atoms with van der Waals surface area (Å²) in [7, 11) is 0. The Morgan fingerprint density at radius 3 is 2.40 bits per heavy atom. The number of aldehydes is 1. The first kappa shape index (κ1) is 19.0. The van der Waals surface area contributed by atoms with Crippen LogP contribution in [0.4, 0.5) is 0 Å². The van der Waals surface area contributed by atoms with Crippen molar-refractivity contribution < 1.29 is 24.9 Å². The quantitative estimate of drug-likeness (QED) is 0.193. The Kier molecular flexibility index (Phi) is 9.32. The molecule has 6 N–H and O–H groups in total. The standard InChI is InChI=1S/C13H26N2O5/c1-8(11(14)7-16)9(2)13(20)15-5-3-4-10(17)6-12(18)19/h7-11,13,15,17,20H,3-6,14H2,1-2H3,(H,18,19). The van der Waals surface area contributed by atoms with Gasteiger partial charge in [0.15, 0.2) is 0 Å². The molecule has 7 heteroatoms. The third kappa shape index (κ3) is 7.54. The highest BCUT2D eigenvalue weighted by Gasteiger charge is 2.24. The van der Waals surface area contributed by atoms with E-state index in [1.807, 2.05) is 0 Å². The average molecular weight is 290 g/mol. The summed E-state index contributed by atoms with van der Waals surface area (Å²) in [5, 5.41) is 30.6. The second-order valence-corrected chi connectivity index (χ2v) is 5.22. The summed E-state index contributed by atoms with van der Waals surface area (Å²) < 4.78 is 0. The normalized spacial score (nSPS) is 18.9. The molecule has 7 nitrogen and oxygen atoms in total. The van der Waals surface area contributed by atoms with E-state index in [0.717, 1.165) is 0 Å². The molecule has 0 saturated carbocycles. The molecule has 0 bridgehead atoms. The van der Waals surface area contributed by atoms with Gasteiger partial charge in [-0.1, -0.05) is 13.8 Å². The van der Waals surface area contributed by atoms with Crippen LogP contribution in [-0.4, -0.2) is 52.5 Å². The maximum Gasteiger partial charge on any atom is 0.305 e. The number of aliphatic hydroxyl groups is 2. The molecular weight excluding hydrogens is 264 g/mol. The van der Waals surface area contributed by atoms with Crippen LogP contribution in [0, 0.1) is 11.8 Å². The van der Waals surface area contributed by atoms with Crippen LogP contribution in [0.2, 0.25) is 0 Å². The molecule has 0 aromatic heterocycles. The predicted molar refractivity (Wildman–Crippen MR) is 73.9 cm³/mol. The number of rotatable bonds is 11. The maximum absolute atomic E-state index is 10.6. The second kappa shape index (κ2) is 9.82. The summed E-state index contributed by atoms with van der Waals surface area (Å²) in [6.07, 6.45) is -0.380. The number of hydrogen-bond acceptors (Lipinski definition) is 6. The van der Waals surface area contributed by atoms with Gasteiger partial charge in [-0.3, -0.25) is 10.1 Å². The number of carbonyl (C=O) groups excluding carboxylic acids is 1. The molecule has 0 heterocycles. The highest BCUT2D eigenvalue weighted by atomic mass is 16.4. The number of carbonyl (C=O) groups is 2. The third-order valence-electron chi connectivity index (χ3n) is 3.57. The van der Waals surface area contributed by atoms with Gasteiger partial charge in [-0.25, -0.2) is 0 Å². The lowest BCUT2D eigenvalue weighted by molar-refractivity contribution is -0.139. The topological polar surface area (TPSA) is 133 Å². The van der Waals surface area contributed by atoms with Crippen molar-refractivity contribution in [3.8, 4) is 0 Å². The minimum absolute atomic E-state index is 0.160. The lowest BCUT2D eigenvalue weighted by Crippen LogP contribution is -2.44. The van der Waals surface area contributed by atoms with E-state index in [9.17, 15) is 19.8 Å². The van der Waals surface area contributed by atoms with Crippen molar-refractivity contribution >= 4 is 12.3 Å². The Bertz CT molecular complexity index is 300. The molecule has 0 rings (SSSR count). The minimum Gasteiger partial charge on any atom is -0.481 e. The fraction of sp³-hybridized carbons (Fsp3) is 0.846. The van der Waals surface area contributed by atoms with Crippen molar-refractivity contribution in [2.75, 3.05) is 6.54 Å². The van der Waals surface area contributed by atoms with Gasteiger partial charge >= 0.3 is 5.97 Å². The molecule has 0 spiro atoms. The van der Waals surface area contributed by atoms with Crippen molar-refractivity contribution in [3.05, 3.63) is 0 Å². The first-order valence-corrected chi connectivity index (χ1v) is 6.81. The number of hydrogen-bond donors (Lipinski definition) is 5. The van der Waals surface area contributed by atoms with Crippen LogP contribution < -0.4 is 11.1 Å². The lowest BCUT2D eigenvalue weighted by atomic mass is 9.88. The molecule has 20 heavy (non-hydrogen) atoms. The summed E-state index contributed by atoms with van der Waals surface area (Å²) in [5.74, 6) is -1.39. The van der Waals surface area contributed by atoms with Crippen LogP contribution in [0.15, 0.2) is 0 Å². The molecule has 5 unspecified atom stereocenters. The number of carboxylic acids is 1. The fourth-order valence-corrected chi connectivity index (χ4v) is 1.84. The molecule has 118 valence electrons. The van der Waals surface area contributed by atoms with Crippen molar-refractivity contribution in [2.45, 2.75) is 51.5 Å². The van der Waals surface area contributed by atoms with E-state index < -0.39 is 24.3 Å². The molecule has 0 aliphatic heterocycles. The maximum atomic E-state index is 10.6. The van der Waals surface area contributed by atoms with Gasteiger partial charge in [0.1, 0.15) is 12.5 Å². The van der Waals surface area contributed by atoms with E-state index in [2.05, 4.69) is 5.32 Å². The summed E-state index contributed by atoms with van der Waals surface area (Å²) in [4.78, 5) is 20.9. The third-order valence-corrected chi connectivity index (χ3v) is 3.57. The summed E-state index contributed by atoms with van der Waals surface area (Å²) in [6, 6.07) is -0.612. The molecule has 0 aromatic rings. The monoisotopic (exact) mass is 290 g/mol. The van der Waals surface area contributed by atoms with Crippen LogP contribution in [0.1, 0.15) is 33.1 Å². The van der Waals surface area contributed by atoms with Crippen molar-refractivity contribution in [3.63, 3.8) is 0 Å². The zero-order chi connectivity index (χ0) is 15.7. The molecule has 0 aromatic carbocycles. The molecular formula is C13H26N2O5. The predicted octanol–water partition coefficient (Wildman–Crippen LogP) is -0.691. The minimum atomic E-state index is -1.03. The van der Waals surface area contributed by atoms with Gasteiger partial charge in [-0.05, 0) is 31.2 Å². The summed E-state index contributed by atoms with van der Waals surface area (Å²) in [5.41, 5.74) is 5.60. The molecule has 0 radical (unpaired) electrons. The van der Waals surface area contributed by atoms with Crippen LogP contribution in [0.5, 0.6) is 0 Å². The lowest BCUT2D eigenvalue weighted by Gasteiger charge is -2.27. The van der Waals surface area contributed by atoms with E-state index >= 15 is 0 Å². The molecule has 0 saturated heterocycles. The number of nitrogens with two attached hydrogens (primary N) is 1. The molecule has 0 aliphatic rings. The Balaban J connectivity index is 3.90.